The third-order valence-corrected chi connectivity index (χ3v) is 3.85. The maximum absolute atomic E-state index is 12.3. The minimum absolute atomic E-state index is 0.0384. The molecule has 0 heterocycles. The number of aliphatic imine (C=N–C) groups is 1. The number of hydrogen-bond acceptors (Lipinski definition) is 6. The van der Waals surface area contributed by atoms with E-state index in [-0.39, 0.29) is 30.3 Å². The van der Waals surface area contributed by atoms with Gasteiger partial charge < -0.3 is 15.7 Å². The van der Waals surface area contributed by atoms with E-state index in [2.05, 4.69) is 4.99 Å². The molecule has 23 heavy (non-hydrogen) atoms. The molecular weight excluding hydrogens is 294 g/mol. The molecule has 1 aliphatic carbocycles. The number of aryl methyl sites for hydroxylation is 2. The SMILES string of the molecule is Cc1cc(N=C2CC(=O)C(N(C)CCO)=CC2=O)c(C)cc1N. The molecule has 1 aliphatic rings. The van der Waals surface area contributed by atoms with Gasteiger partial charge in [-0.2, -0.15) is 0 Å². The maximum Gasteiger partial charge on any atom is 0.202 e. The zero-order valence-electron chi connectivity index (χ0n) is 13.6. The number of Topliss-reactive ketones (excluding diaryl/α,β-unsaturated/α-hetero) is 1. The second kappa shape index (κ2) is 6.75. The van der Waals surface area contributed by atoms with Crippen molar-refractivity contribution in [2.45, 2.75) is 20.3 Å². The average Bonchev–Trinajstić information content (AvgIpc) is 2.48. The predicted octanol–water partition coefficient (Wildman–Crippen LogP) is 1.31. The summed E-state index contributed by atoms with van der Waals surface area (Å²) >= 11 is 0. The van der Waals surface area contributed by atoms with Crippen molar-refractivity contribution in [2.24, 2.45) is 4.99 Å². The van der Waals surface area contributed by atoms with Crippen LogP contribution in [0.4, 0.5) is 11.4 Å². The molecular formula is C17H21N3O3. The number of allylic oxidation sites excluding steroid dienone is 2. The van der Waals surface area contributed by atoms with Gasteiger partial charge in [-0.15, -0.1) is 0 Å². The molecule has 0 unspecified atom stereocenters. The molecule has 6 heteroatoms. The number of hydrogen-bond donors (Lipinski definition) is 2. The number of nitrogens with zero attached hydrogens (tertiary/aromatic N) is 2. The van der Waals surface area contributed by atoms with Crippen LogP contribution in [-0.4, -0.2) is 47.5 Å². The Hall–Kier alpha value is -2.47. The first-order valence-electron chi connectivity index (χ1n) is 7.39. The largest absolute Gasteiger partial charge is 0.399 e. The fourth-order valence-corrected chi connectivity index (χ4v) is 2.40. The molecule has 1 aromatic rings. The summed E-state index contributed by atoms with van der Waals surface area (Å²) in [5, 5.41) is 8.95. The molecule has 0 bridgehead atoms. The quantitative estimate of drug-likeness (QED) is 0.817. The topological polar surface area (TPSA) is 96.0 Å². The summed E-state index contributed by atoms with van der Waals surface area (Å²) < 4.78 is 0. The number of aliphatic hydroxyl groups is 1. The van der Waals surface area contributed by atoms with E-state index in [0.29, 0.717) is 23.6 Å². The van der Waals surface area contributed by atoms with Crippen LogP contribution in [0.3, 0.4) is 0 Å². The first kappa shape index (κ1) is 16.9. The van der Waals surface area contributed by atoms with Crippen LogP contribution in [0.25, 0.3) is 0 Å². The summed E-state index contributed by atoms with van der Waals surface area (Å²) in [6, 6.07) is 3.62. The minimum Gasteiger partial charge on any atom is -0.399 e. The summed E-state index contributed by atoms with van der Waals surface area (Å²) in [6.07, 6.45) is 1.25. The fraction of sp³-hybridized carbons (Fsp3) is 0.353. The number of nitrogen functional groups attached to an aromatic ring is 1. The lowest BCUT2D eigenvalue weighted by Gasteiger charge is -2.23. The zero-order valence-corrected chi connectivity index (χ0v) is 13.6. The molecule has 0 saturated carbocycles. The van der Waals surface area contributed by atoms with Crippen molar-refractivity contribution in [1.82, 2.24) is 4.90 Å². The van der Waals surface area contributed by atoms with E-state index >= 15 is 0 Å². The smallest absolute Gasteiger partial charge is 0.202 e. The highest BCUT2D eigenvalue weighted by atomic mass is 16.3. The summed E-state index contributed by atoms with van der Waals surface area (Å²) in [7, 11) is 1.67. The third-order valence-electron chi connectivity index (χ3n) is 3.85. The van der Waals surface area contributed by atoms with Crippen molar-refractivity contribution >= 4 is 28.7 Å². The van der Waals surface area contributed by atoms with Crippen molar-refractivity contribution in [3.05, 3.63) is 35.0 Å². The second-order valence-electron chi connectivity index (χ2n) is 5.69. The van der Waals surface area contributed by atoms with Gasteiger partial charge >= 0.3 is 0 Å². The highest BCUT2D eigenvalue weighted by Crippen LogP contribution is 2.26. The molecule has 0 fully saturated rings. The zero-order chi connectivity index (χ0) is 17.1. The van der Waals surface area contributed by atoms with Gasteiger partial charge in [0.1, 0.15) is 0 Å². The molecule has 1 aromatic carbocycles. The Bertz CT molecular complexity index is 720. The second-order valence-corrected chi connectivity index (χ2v) is 5.69. The van der Waals surface area contributed by atoms with Gasteiger partial charge in [0.25, 0.3) is 0 Å². The molecule has 122 valence electrons. The van der Waals surface area contributed by atoms with E-state index in [9.17, 15) is 9.59 Å². The van der Waals surface area contributed by atoms with Crippen molar-refractivity contribution in [3.63, 3.8) is 0 Å². The van der Waals surface area contributed by atoms with Gasteiger partial charge in [-0.05, 0) is 37.1 Å². The van der Waals surface area contributed by atoms with Crippen molar-refractivity contribution in [3.8, 4) is 0 Å². The van der Waals surface area contributed by atoms with Crippen LogP contribution in [0, 0.1) is 13.8 Å². The van der Waals surface area contributed by atoms with E-state index in [0.717, 1.165) is 11.1 Å². The monoisotopic (exact) mass is 315 g/mol. The van der Waals surface area contributed by atoms with E-state index < -0.39 is 0 Å². The number of benzene rings is 1. The summed E-state index contributed by atoms with van der Waals surface area (Å²) in [6.45, 7) is 3.95. The van der Waals surface area contributed by atoms with Crippen LogP contribution in [0.2, 0.25) is 0 Å². The van der Waals surface area contributed by atoms with Crippen LogP contribution in [0.1, 0.15) is 17.5 Å². The molecule has 0 aliphatic heterocycles. The van der Waals surface area contributed by atoms with E-state index in [1.165, 1.54) is 6.08 Å². The number of likely N-dealkylation sites (N-methyl/N-ethyl adjacent to an activating group) is 1. The molecule has 2 rings (SSSR count). The number of rotatable bonds is 4. The normalized spacial score (nSPS) is 16.7. The van der Waals surface area contributed by atoms with Crippen molar-refractivity contribution < 1.29 is 14.7 Å². The lowest BCUT2D eigenvalue weighted by molar-refractivity contribution is -0.118. The van der Waals surface area contributed by atoms with E-state index in [1.807, 2.05) is 19.9 Å². The number of ketones is 2. The van der Waals surface area contributed by atoms with Crippen LogP contribution < -0.4 is 5.73 Å². The summed E-state index contributed by atoms with van der Waals surface area (Å²) in [4.78, 5) is 30.4. The van der Waals surface area contributed by atoms with Gasteiger partial charge in [0.15, 0.2) is 5.78 Å². The molecule has 3 N–H and O–H groups in total. The maximum atomic E-state index is 12.3. The van der Waals surface area contributed by atoms with Gasteiger partial charge in [-0.1, -0.05) is 0 Å². The summed E-state index contributed by atoms with van der Waals surface area (Å²) in [5.41, 5.74) is 9.44. The Morgan fingerprint density at radius 2 is 1.96 bits per heavy atom. The Balaban J connectivity index is 2.35. The lowest BCUT2D eigenvalue weighted by atomic mass is 9.98. The van der Waals surface area contributed by atoms with E-state index in [4.69, 9.17) is 10.8 Å². The molecule has 0 aromatic heterocycles. The average molecular weight is 315 g/mol. The van der Waals surface area contributed by atoms with Crippen LogP contribution in [0.5, 0.6) is 0 Å². The fourth-order valence-electron chi connectivity index (χ4n) is 2.40. The molecule has 0 spiro atoms. The molecule has 0 atom stereocenters. The number of carbonyl (C=O) groups excluding carboxylic acids is 2. The van der Waals surface area contributed by atoms with Gasteiger partial charge in [0.2, 0.25) is 5.78 Å². The standard InChI is InChI=1S/C17H21N3O3/c1-10-7-13(11(2)6-12(10)18)19-14-8-17(23)15(9-16(14)22)20(3)4-5-21/h6-7,9,21H,4-5,8,18H2,1-3H3. The number of carbonyl (C=O) groups is 2. The highest BCUT2D eigenvalue weighted by molar-refractivity contribution is 6.50. The Kier molecular flexibility index (Phi) is 4.95. The Labute approximate surface area is 135 Å². The van der Waals surface area contributed by atoms with Crippen LogP contribution >= 0.6 is 0 Å². The molecule has 0 radical (unpaired) electrons. The first-order chi connectivity index (χ1) is 10.8. The Morgan fingerprint density at radius 1 is 1.26 bits per heavy atom. The van der Waals surface area contributed by atoms with Gasteiger partial charge in [0, 0.05) is 25.4 Å². The summed E-state index contributed by atoms with van der Waals surface area (Å²) in [5.74, 6) is -0.456. The van der Waals surface area contributed by atoms with Gasteiger partial charge in [-0.3, -0.25) is 9.59 Å². The van der Waals surface area contributed by atoms with Crippen LogP contribution in [-0.2, 0) is 9.59 Å². The molecule has 0 amide bonds. The minimum atomic E-state index is -0.279. The van der Waals surface area contributed by atoms with E-state index in [1.54, 1.807) is 18.0 Å². The number of nitrogens with two attached hydrogens (primary N) is 1. The third kappa shape index (κ3) is 3.65. The molecule has 0 saturated heterocycles. The van der Waals surface area contributed by atoms with Crippen molar-refractivity contribution in [2.75, 3.05) is 25.9 Å². The highest BCUT2D eigenvalue weighted by Gasteiger charge is 2.26. The number of anilines is 1. The van der Waals surface area contributed by atoms with Crippen molar-refractivity contribution in [1.29, 1.82) is 0 Å². The molecule has 6 nitrogen and oxygen atoms in total. The number of aliphatic hydroxyl groups excluding tert-OH is 1. The Morgan fingerprint density at radius 3 is 2.61 bits per heavy atom. The van der Waals surface area contributed by atoms with Gasteiger partial charge in [0.05, 0.1) is 30.1 Å². The lowest BCUT2D eigenvalue weighted by Crippen LogP contribution is -2.33. The predicted molar refractivity (Wildman–Crippen MR) is 89.9 cm³/mol. The first-order valence-corrected chi connectivity index (χ1v) is 7.39. The van der Waals surface area contributed by atoms with Crippen LogP contribution in [0.15, 0.2) is 28.9 Å². The van der Waals surface area contributed by atoms with Gasteiger partial charge in [-0.25, -0.2) is 4.99 Å².